The molecule has 0 spiro atoms. The summed E-state index contributed by atoms with van der Waals surface area (Å²) in [6, 6.07) is 0.785. The topological polar surface area (TPSA) is 41.1 Å². The molecule has 2 rings (SSSR count). The van der Waals surface area contributed by atoms with Gasteiger partial charge in [0.1, 0.15) is 0 Å². The lowest BCUT2D eigenvalue weighted by Crippen LogP contribution is -2.47. The fourth-order valence-electron chi connectivity index (χ4n) is 1.70. The lowest BCUT2D eigenvalue weighted by Gasteiger charge is -2.27. The van der Waals surface area contributed by atoms with E-state index in [1.807, 2.05) is 0 Å². The van der Waals surface area contributed by atoms with Gasteiger partial charge in [-0.05, 0) is 32.1 Å². The maximum absolute atomic E-state index is 11.4. The highest BCUT2D eigenvalue weighted by Crippen LogP contribution is 2.17. The second kappa shape index (κ2) is 3.81. The molecule has 0 unspecified atom stereocenters. The highest BCUT2D eigenvalue weighted by Gasteiger charge is 2.20. The van der Waals surface area contributed by atoms with Gasteiger partial charge in [-0.25, -0.2) is 4.79 Å². The monoisotopic (exact) mass is 180 g/mol. The van der Waals surface area contributed by atoms with E-state index in [9.17, 15) is 4.79 Å². The maximum Gasteiger partial charge on any atom is 0.315 e. The van der Waals surface area contributed by atoms with Crippen molar-refractivity contribution in [2.45, 2.75) is 44.2 Å². The Hall–Kier alpha value is -0.990. The fourth-order valence-corrected chi connectivity index (χ4v) is 1.70. The standard InChI is InChI=1S/C10H16N2O/c13-10(12-9-6-3-7-9)11-8-4-1-2-5-8/h1-2,8-9H,3-7H2,(H2,11,12,13). The van der Waals surface area contributed by atoms with Gasteiger partial charge in [0.15, 0.2) is 0 Å². The first-order chi connectivity index (χ1) is 6.34. The quantitative estimate of drug-likeness (QED) is 0.622. The molecule has 0 heterocycles. The number of nitrogens with one attached hydrogen (secondary N) is 2. The zero-order valence-corrected chi connectivity index (χ0v) is 7.75. The number of hydrogen-bond donors (Lipinski definition) is 2. The van der Waals surface area contributed by atoms with E-state index in [0.717, 1.165) is 25.7 Å². The smallest absolute Gasteiger partial charge is 0.315 e. The molecular formula is C10H16N2O. The molecule has 2 N–H and O–H groups in total. The Morgan fingerprint density at radius 2 is 1.69 bits per heavy atom. The summed E-state index contributed by atoms with van der Waals surface area (Å²) >= 11 is 0. The Bertz CT molecular complexity index is 213. The maximum atomic E-state index is 11.4. The first-order valence-electron chi connectivity index (χ1n) is 5.06. The minimum absolute atomic E-state index is 0.0124. The molecule has 1 fully saturated rings. The highest BCUT2D eigenvalue weighted by atomic mass is 16.2. The van der Waals surface area contributed by atoms with Gasteiger partial charge >= 0.3 is 6.03 Å². The fraction of sp³-hybridized carbons (Fsp3) is 0.700. The van der Waals surface area contributed by atoms with E-state index in [4.69, 9.17) is 0 Å². The molecule has 72 valence electrons. The minimum atomic E-state index is 0.0124. The molecule has 0 aromatic rings. The molecule has 13 heavy (non-hydrogen) atoms. The minimum Gasteiger partial charge on any atom is -0.335 e. The van der Waals surface area contributed by atoms with Crippen molar-refractivity contribution < 1.29 is 4.79 Å². The number of carbonyl (C=O) groups is 1. The van der Waals surface area contributed by atoms with Gasteiger partial charge in [0.25, 0.3) is 0 Å². The van der Waals surface area contributed by atoms with Crippen LogP contribution in [0, 0.1) is 0 Å². The third-order valence-electron chi connectivity index (χ3n) is 2.78. The van der Waals surface area contributed by atoms with Crippen LogP contribution in [0.15, 0.2) is 12.2 Å². The van der Waals surface area contributed by atoms with Gasteiger partial charge < -0.3 is 10.6 Å². The summed E-state index contributed by atoms with van der Waals surface area (Å²) in [7, 11) is 0. The Balaban J connectivity index is 1.65. The van der Waals surface area contributed by atoms with Gasteiger partial charge in [-0.3, -0.25) is 0 Å². The predicted octanol–water partition coefficient (Wildman–Crippen LogP) is 1.56. The zero-order valence-electron chi connectivity index (χ0n) is 7.75. The average molecular weight is 180 g/mol. The Morgan fingerprint density at radius 3 is 2.23 bits per heavy atom. The molecule has 2 aliphatic rings. The summed E-state index contributed by atoms with van der Waals surface area (Å²) in [5.41, 5.74) is 0. The van der Waals surface area contributed by atoms with Gasteiger partial charge in [0.05, 0.1) is 0 Å². The van der Waals surface area contributed by atoms with Crippen LogP contribution >= 0.6 is 0 Å². The predicted molar refractivity (Wildman–Crippen MR) is 51.5 cm³/mol. The molecule has 0 aromatic heterocycles. The van der Waals surface area contributed by atoms with E-state index >= 15 is 0 Å². The number of urea groups is 1. The van der Waals surface area contributed by atoms with Crippen molar-refractivity contribution in [3.63, 3.8) is 0 Å². The van der Waals surface area contributed by atoms with Crippen LogP contribution in [-0.4, -0.2) is 18.1 Å². The third kappa shape index (κ3) is 2.23. The molecule has 3 heteroatoms. The van der Waals surface area contributed by atoms with E-state index < -0.39 is 0 Å². The molecule has 0 atom stereocenters. The van der Waals surface area contributed by atoms with Gasteiger partial charge in [0.2, 0.25) is 0 Å². The van der Waals surface area contributed by atoms with Crippen LogP contribution in [0.1, 0.15) is 32.1 Å². The molecule has 2 aliphatic carbocycles. The Morgan fingerprint density at radius 1 is 1.08 bits per heavy atom. The second-order valence-electron chi connectivity index (χ2n) is 3.89. The third-order valence-corrected chi connectivity index (χ3v) is 2.78. The summed E-state index contributed by atoms with van der Waals surface area (Å²) in [4.78, 5) is 11.4. The zero-order chi connectivity index (χ0) is 9.10. The van der Waals surface area contributed by atoms with Gasteiger partial charge in [-0.1, -0.05) is 12.2 Å². The molecule has 1 saturated carbocycles. The SMILES string of the molecule is O=C(NC1CC=CC1)NC1CCC1. The van der Waals surface area contributed by atoms with Gasteiger partial charge in [-0.2, -0.15) is 0 Å². The van der Waals surface area contributed by atoms with E-state index in [1.54, 1.807) is 0 Å². The lowest BCUT2D eigenvalue weighted by molar-refractivity contribution is 0.225. The van der Waals surface area contributed by atoms with Crippen LogP contribution < -0.4 is 10.6 Å². The van der Waals surface area contributed by atoms with E-state index in [2.05, 4.69) is 22.8 Å². The molecule has 2 amide bonds. The Labute approximate surface area is 78.6 Å². The number of rotatable bonds is 2. The van der Waals surface area contributed by atoms with Crippen LogP contribution in [0.3, 0.4) is 0 Å². The normalized spacial score (nSPS) is 22.8. The van der Waals surface area contributed by atoms with E-state index in [1.165, 1.54) is 6.42 Å². The van der Waals surface area contributed by atoms with Gasteiger partial charge in [-0.15, -0.1) is 0 Å². The number of amides is 2. The van der Waals surface area contributed by atoms with Crippen molar-refractivity contribution >= 4 is 6.03 Å². The van der Waals surface area contributed by atoms with Crippen molar-refractivity contribution in [3.8, 4) is 0 Å². The molecule has 0 aromatic carbocycles. The lowest BCUT2D eigenvalue weighted by atomic mass is 9.93. The summed E-state index contributed by atoms with van der Waals surface area (Å²) in [6.07, 6.45) is 9.77. The van der Waals surface area contributed by atoms with E-state index in [0.29, 0.717) is 12.1 Å². The molecule has 0 aliphatic heterocycles. The van der Waals surface area contributed by atoms with Crippen molar-refractivity contribution in [2.24, 2.45) is 0 Å². The van der Waals surface area contributed by atoms with Crippen LogP contribution in [0.5, 0.6) is 0 Å². The van der Waals surface area contributed by atoms with Crippen LogP contribution in [0.4, 0.5) is 4.79 Å². The summed E-state index contributed by atoms with van der Waals surface area (Å²) in [5, 5.41) is 5.93. The first kappa shape index (κ1) is 8.60. The molecular weight excluding hydrogens is 164 g/mol. The van der Waals surface area contributed by atoms with Crippen molar-refractivity contribution in [2.75, 3.05) is 0 Å². The van der Waals surface area contributed by atoms with Crippen LogP contribution in [-0.2, 0) is 0 Å². The van der Waals surface area contributed by atoms with Crippen molar-refractivity contribution in [3.05, 3.63) is 12.2 Å². The van der Waals surface area contributed by atoms with Gasteiger partial charge in [0, 0.05) is 12.1 Å². The molecule has 3 nitrogen and oxygen atoms in total. The molecule has 0 radical (unpaired) electrons. The largest absolute Gasteiger partial charge is 0.335 e. The number of carbonyl (C=O) groups excluding carboxylic acids is 1. The average Bonchev–Trinajstić information content (AvgIpc) is 2.49. The highest BCUT2D eigenvalue weighted by molar-refractivity contribution is 5.74. The summed E-state index contributed by atoms with van der Waals surface area (Å²) in [6.45, 7) is 0. The Kier molecular flexibility index (Phi) is 2.52. The van der Waals surface area contributed by atoms with Crippen LogP contribution in [0.2, 0.25) is 0 Å². The van der Waals surface area contributed by atoms with Crippen LogP contribution in [0.25, 0.3) is 0 Å². The first-order valence-corrected chi connectivity index (χ1v) is 5.06. The molecule has 0 bridgehead atoms. The summed E-state index contributed by atoms with van der Waals surface area (Å²) in [5.74, 6) is 0. The number of hydrogen-bond acceptors (Lipinski definition) is 1. The van der Waals surface area contributed by atoms with Crippen molar-refractivity contribution in [1.29, 1.82) is 0 Å². The van der Waals surface area contributed by atoms with Crippen molar-refractivity contribution in [1.82, 2.24) is 10.6 Å². The van der Waals surface area contributed by atoms with E-state index in [-0.39, 0.29) is 6.03 Å². The second-order valence-corrected chi connectivity index (χ2v) is 3.89. The summed E-state index contributed by atoms with van der Waals surface area (Å²) < 4.78 is 0. The molecule has 0 saturated heterocycles.